The van der Waals surface area contributed by atoms with Crippen LogP contribution in [0, 0.1) is 0 Å². The Morgan fingerprint density at radius 2 is 1.85 bits per heavy atom. The number of aromatic nitrogens is 5. The first kappa shape index (κ1) is 15.5. The number of hydrogen-bond acceptors (Lipinski definition) is 7. The topological polar surface area (TPSA) is 121 Å². The van der Waals surface area contributed by atoms with Crippen molar-refractivity contribution in [1.82, 2.24) is 25.1 Å². The molecular weight excluding hydrogens is 334 g/mol. The largest absolute Gasteiger partial charge is 0.365 e. The molecule has 9 heteroatoms. The van der Waals surface area contributed by atoms with Gasteiger partial charge in [-0.15, -0.1) is 5.10 Å². The average Bonchev–Trinajstić information content (AvgIpc) is 3.06. The maximum absolute atomic E-state index is 11.6. The molecule has 0 aliphatic carbocycles. The molecule has 2 heterocycles. The molecule has 0 fully saturated rings. The highest BCUT2D eigenvalue weighted by molar-refractivity contribution is 5.97. The van der Waals surface area contributed by atoms with E-state index in [2.05, 4.69) is 25.6 Å². The van der Waals surface area contributed by atoms with Crippen molar-refractivity contribution in [2.75, 3.05) is 5.32 Å². The van der Waals surface area contributed by atoms with Crippen molar-refractivity contribution < 1.29 is 9.63 Å². The molecule has 2 aromatic heterocycles. The van der Waals surface area contributed by atoms with E-state index in [1.807, 2.05) is 48.5 Å². The molecule has 128 valence electrons. The minimum Gasteiger partial charge on any atom is -0.365 e. The number of anilines is 2. The summed E-state index contributed by atoms with van der Waals surface area (Å²) in [5.41, 5.74) is 7.62. The lowest BCUT2D eigenvalue weighted by Gasteiger charge is -2.10. The van der Waals surface area contributed by atoms with Crippen LogP contribution in [0.3, 0.4) is 0 Å². The van der Waals surface area contributed by atoms with Crippen LogP contribution in [0.5, 0.6) is 6.01 Å². The van der Waals surface area contributed by atoms with Gasteiger partial charge in [-0.05, 0) is 29.5 Å². The van der Waals surface area contributed by atoms with E-state index in [0.717, 1.165) is 5.69 Å². The zero-order chi connectivity index (χ0) is 17.9. The average molecular weight is 347 g/mol. The van der Waals surface area contributed by atoms with Gasteiger partial charge in [-0.25, -0.2) is 4.98 Å². The minimum absolute atomic E-state index is 0.0101. The van der Waals surface area contributed by atoms with Gasteiger partial charge in [-0.1, -0.05) is 35.2 Å². The number of nitrogens with two attached hydrogens (primary N) is 1. The first-order valence-electron chi connectivity index (χ1n) is 7.68. The molecule has 0 atom stereocenters. The molecule has 0 radical (unpaired) electrons. The van der Waals surface area contributed by atoms with E-state index in [4.69, 9.17) is 10.6 Å². The molecule has 0 saturated heterocycles. The first-order chi connectivity index (χ1) is 12.7. The fourth-order valence-electron chi connectivity index (χ4n) is 2.34. The monoisotopic (exact) mass is 347 g/mol. The predicted octanol–water partition coefficient (Wildman–Crippen LogP) is 1.91. The van der Waals surface area contributed by atoms with Crippen LogP contribution in [-0.2, 0) is 0 Å². The van der Waals surface area contributed by atoms with Gasteiger partial charge in [-0.3, -0.25) is 4.79 Å². The van der Waals surface area contributed by atoms with E-state index in [-0.39, 0.29) is 17.4 Å². The maximum Gasteiger partial charge on any atom is 0.347 e. The lowest BCUT2D eigenvalue weighted by atomic mass is 10.2. The van der Waals surface area contributed by atoms with E-state index >= 15 is 0 Å². The predicted molar refractivity (Wildman–Crippen MR) is 93.8 cm³/mol. The van der Waals surface area contributed by atoms with Gasteiger partial charge >= 0.3 is 6.01 Å². The van der Waals surface area contributed by atoms with Gasteiger partial charge < -0.3 is 15.9 Å². The van der Waals surface area contributed by atoms with Crippen LogP contribution in [-0.4, -0.2) is 31.0 Å². The van der Waals surface area contributed by atoms with E-state index in [1.165, 1.54) is 11.0 Å². The van der Waals surface area contributed by atoms with Crippen LogP contribution in [0.1, 0.15) is 10.4 Å². The number of amides is 1. The third-order valence-electron chi connectivity index (χ3n) is 3.56. The SMILES string of the molecule is NC(=O)c1cnc(On2nnc3ccccc32)nc1Nc1ccccc1. The number of para-hydroxylation sites is 2. The van der Waals surface area contributed by atoms with Gasteiger partial charge in [0.15, 0.2) is 5.82 Å². The second kappa shape index (κ2) is 6.48. The highest BCUT2D eigenvalue weighted by Gasteiger charge is 2.15. The van der Waals surface area contributed by atoms with Crippen molar-refractivity contribution in [3.8, 4) is 6.01 Å². The van der Waals surface area contributed by atoms with Crippen molar-refractivity contribution in [3.63, 3.8) is 0 Å². The molecule has 26 heavy (non-hydrogen) atoms. The van der Waals surface area contributed by atoms with Gasteiger partial charge in [0.05, 0.1) is 0 Å². The van der Waals surface area contributed by atoms with Crippen LogP contribution < -0.4 is 15.9 Å². The van der Waals surface area contributed by atoms with Crippen LogP contribution in [0.25, 0.3) is 11.0 Å². The first-order valence-corrected chi connectivity index (χ1v) is 7.68. The zero-order valence-electron chi connectivity index (χ0n) is 13.4. The Bertz CT molecular complexity index is 1080. The van der Waals surface area contributed by atoms with Crippen molar-refractivity contribution in [1.29, 1.82) is 0 Å². The quantitative estimate of drug-likeness (QED) is 0.565. The number of carbonyl (C=O) groups is 1. The molecule has 0 unspecified atom stereocenters. The van der Waals surface area contributed by atoms with Crippen LogP contribution in [0.15, 0.2) is 60.8 Å². The van der Waals surface area contributed by atoms with E-state index in [1.54, 1.807) is 6.07 Å². The highest BCUT2D eigenvalue weighted by atomic mass is 16.7. The number of primary amides is 1. The molecular formula is C17H13N7O2. The molecule has 1 amide bonds. The lowest BCUT2D eigenvalue weighted by molar-refractivity contribution is 0.1000. The lowest BCUT2D eigenvalue weighted by Crippen LogP contribution is -2.16. The summed E-state index contributed by atoms with van der Waals surface area (Å²) < 4.78 is 0. The van der Waals surface area contributed by atoms with Crippen molar-refractivity contribution in [2.45, 2.75) is 0 Å². The summed E-state index contributed by atoms with van der Waals surface area (Å²) in [6.45, 7) is 0. The number of nitrogens with zero attached hydrogens (tertiary/aromatic N) is 5. The number of carbonyl (C=O) groups excluding carboxylic acids is 1. The molecule has 4 rings (SSSR count). The number of nitrogens with one attached hydrogen (secondary N) is 1. The normalized spacial score (nSPS) is 10.6. The molecule has 3 N–H and O–H groups in total. The van der Waals surface area contributed by atoms with Gasteiger partial charge in [0.2, 0.25) is 0 Å². The summed E-state index contributed by atoms with van der Waals surface area (Å²) in [5.74, 6) is -0.417. The number of benzene rings is 2. The molecule has 0 spiro atoms. The van der Waals surface area contributed by atoms with Gasteiger partial charge in [0.25, 0.3) is 5.91 Å². The second-order valence-corrected chi connectivity index (χ2v) is 5.31. The van der Waals surface area contributed by atoms with Crippen molar-refractivity contribution in [2.24, 2.45) is 5.73 Å². The molecule has 0 saturated carbocycles. The summed E-state index contributed by atoms with van der Waals surface area (Å²) in [4.78, 5) is 26.7. The molecule has 2 aromatic carbocycles. The fourth-order valence-corrected chi connectivity index (χ4v) is 2.34. The molecule has 9 nitrogen and oxygen atoms in total. The summed E-state index contributed by atoms with van der Waals surface area (Å²) in [6, 6.07) is 16.5. The summed E-state index contributed by atoms with van der Waals surface area (Å²) in [6.07, 6.45) is 1.30. The molecule has 0 bridgehead atoms. The zero-order valence-corrected chi connectivity index (χ0v) is 13.4. The molecule has 4 aromatic rings. The minimum atomic E-state index is -0.652. The van der Waals surface area contributed by atoms with Crippen LogP contribution >= 0.6 is 0 Å². The Morgan fingerprint density at radius 1 is 1.08 bits per heavy atom. The Balaban J connectivity index is 1.69. The Morgan fingerprint density at radius 3 is 2.65 bits per heavy atom. The Kier molecular flexibility index (Phi) is 3.86. The number of rotatable bonds is 5. The summed E-state index contributed by atoms with van der Waals surface area (Å²) in [7, 11) is 0. The van der Waals surface area contributed by atoms with Gasteiger partial charge in [0, 0.05) is 11.9 Å². The highest BCUT2D eigenvalue weighted by Crippen LogP contribution is 2.20. The number of hydrogen-bond donors (Lipinski definition) is 2. The van der Waals surface area contributed by atoms with Crippen molar-refractivity contribution >= 4 is 28.4 Å². The molecule has 0 aliphatic rings. The maximum atomic E-state index is 11.6. The Hall–Kier alpha value is -4.01. The Labute approximate surface area is 147 Å². The summed E-state index contributed by atoms with van der Waals surface area (Å²) >= 11 is 0. The second-order valence-electron chi connectivity index (χ2n) is 5.31. The van der Waals surface area contributed by atoms with Crippen LogP contribution in [0.4, 0.5) is 11.5 Å². The smallest absolute Gasteiger partial charge is 0.347 e. The fraction of sp³-hybridized carbons (Fsp3) is 0. The van der Waals surface area contributed by atoms with Gasteiger partial charge in [-0.2, -0.15) is 4.98 Å². The van der Waals surface area contributed by atoms with E-state index in [0.29, 0.717) is 11.0 Å². The van der Waals surface area contributed by atoms with Crippen molar-refractivity contribution in [3.05, 3.63) is 66.4 Å². The van der Waals surface area contributed by atoms with E-state index < -0.39 is 5.91 Å². The van der Waals surface area contributed by atoms with E-state index in [9.17, 15) is 4.79 Å². The third kappa shape index (κ3) is 3.00. The van der Waals surface area contributed by atoms with Gasteiger partial charge in [0.1, 0.15) is 16.6 Å². The summed E-state index contributed by atoms with van der Waals surface area (Å²) in [5, 5.41) is 10.9. The number of fused-ring (bicyclic) bond motifs is 1. The standard InChI is InChI=1S/C17H13N7O2/c18-15(25)12-10-19-17(21-16(12)20-11-6-2-1-3-7-11)26-24-14-9-5-4-8-13(14)22-23-24/h1-10H,(H2,18,25)(H,19,20,21). The third-order valence-corrected chi connectivity index (χ3v) is 3.56. The van der Waals surface area contributed by atoms with Crippen LogP contribution in [0.2, 0.25) is 0 Å². The molecule has 0 aliphatic heterocycles.